The van der Waals surface area contributed by atoms with E-state index in [1.807, 2.05) is 0 Å². The summed E-state index contributed by atoms with van der Waals surface area (Å²) in [6.45, 7) is 0.638. The molecule has 12 heteroatoms. The van der Waals surface area contributed by atoms with Crippen LogP contribution in [0.1, 0.15) is 14.3 Å². The number of carboxylic acid groups (broad SMARTS) is 1. The van der Waals surface area contributed by atoms with Crippen LogP contribution >= 0.6 is 0 Å². The molecule has 0 aromatic rings. The molecule has 0 spiro atoms. The number of cyclic esters (lactones) is 1. The molecule has 1 aliphatic rings. The van der Waals surface area contributed by atoms with Gasteiger partial charge in [-0.05, 0) is 6.42 Å². The van der Waals surface area contributed by atoms with E-state index in [2.05, 4.69) is 9.62 Å². The van der Waals surface area contributed by atoms with Gasteiger partial charge in [0, 0.05) is 23.5 Å². The van der Waals surface area contributed by atoms with Crippen molar-refractivity contribution in [1.82, 2.24) is 0 Å². The van der Waals surface area contributed by atoms with E-state index in [0.29, 0.717) is 13.0 Å². The molecule has 0 aliphatic carbocycles. The summed E-state index contributed by atoms with van der Waals surface area (Å²) in [5.41, 5.74) is 0. The van der Waals surface area contributed by atoms with E-state index in [-0.39, 0.29) is 60.2 Å². The first-order valence-corrected chi connectivity index (χ1v) is 3.47. The molecule has 1 fully saturated rings. The zero-order valence-electron chi connectivity index (χ0n) is 10.2. The van der Waals surface area contributed by atoms with Crippen LogP contribution in [-0.4, -0.2) is 45.8 Å². The van der Waals surface area contributed by atoms with E-state index in [0.717, 1.165) is 6.42 Å². The molecule has 0 aromatic heterocycles. The summed E-state index contributed by atoms with van der Waals surface area (Å²) in [7, 11) is 0. The van der Waals surface area contributed by atoms with Crippen molar-refractivity contribution in [3.8, 4) is 0 Å². The SMILES string of the molecule is O=C(O)OO.O=C1CCCO1.O=C=O.OO.[H-].[Mn].[Na+]. The van der Waals surface area contributed by atoms with Gasteiger partial charge in [0.25, 0.3) is 0 Å². The van der Waals surface area contributed by atoms with Gasteiger partial charge < -0.3 is 11.3 Å². The second-order valence-corrected chi connectivity index (χ2v) is 1.76. The third-order valence-electron chi connectivity index (χ3n) is 0.866. The van der Waals surface area contributed by atoms with Crippen molar-refractivity contribution in [3.63, 3.8) is 0 Å². The summed E-state index contributed by atoms with van der Waals surface area (Å²) in [6, 6.07) is 0. The molecular formula is C6H11MnNaO10. The predicted octanol–water partition coefficient (Wildman–Crippen LogP) is -2.97. The van der Waals surface area contributed by atoms with E-state index < -0.39 is 6.16 Å². The number of carbonyl (C=O) groups excluding carboxylic acids is 3. The second-order valence-electron chi connectivity index (χ2n) is 1.76. The van der Waals surface area contributed by atoms with Crippen molar-refractivity contribution in [2.24, 2.45) is 0 Å². The Morgan fingerprint density at radius 3 is 1.78 bits per heavy atom. The van der Waals surface area contributed by atoms with E-state index in [1.54, 1.807) is 0 Å². The Kier molecular flexibility index (Phi) is 50.8. The molecule has 1 aliphatic heterocycles. The molecule has 0 saturated carbocycles. The summed E-state index contributed by atoms with van der Waals surface area (Å²) >= 11 is 0. The van der Waals surface area contributed by atoms with Crippen LogP contribution in [0.4, 0.5) is 4.79 Å². The Morgan fingerprint density at radius 2 is 1.72 bits per heavy atom. The quantitative estimate of drug-likeness (QED) is 0.156. The average Bonchev–Trinajstić information content (AvgIpc) is 2.74. The molecule has 0 unspecified atom stereocenters. The van der Waals surface area contributed by atoms with E-state index in [1.165, 1.54) is 0 Å². The molecular weight excluding hydrogens is 310 g/mol. The van der Waals surface area contributed by atoms with E-state index >= 15 is 0 Å². The van der Waals surface area contributed by atoms with Gasteiger partial charge >= 0.3 is 47.8 Å². The third-order valence-corrected chi connectivity index (χ3v) is 0.866. The van der Waals surface area contributed by atoms with Crippen LogP contribution in [0.15, 0.2) is 0 Å². The minimum Gasteiger partial charge on any atom is -1.00 e. The standard InChI is InChI=1S/C4H6O2.CH2O4.CO2.Mn.Na.H2O2.H/c5-4-2-1-3-6-4;2-1(3)5-4;2-1-3;;;1-2;/h1-3H2;4H,(H,2,3);;;;1-2H;/q;;;;+1;;-1. The van der Waals surface area contributed by atoms with Crippen molar-refractivity contribution in [2.75, 3.05) is 6.61 Å². The maximum Gasteiger partial charge on any atom is 1.00 e. The smallest absolute Gasteiger partial charge is 1.00 e. The Balaban J connectivity index is -0.0000000303. The van der Waals surface area contributed by atoms with Gasteiger partial charge in [-0.25, -0.2) is 4.79 Å². The van der Waals surface area contributed by atoms with E-state index in [4.69, 9.17) is 35.3 Å². The molecule has 1 saturated heterocycles. The Hall–Kier alpha value is -0.481. The van der Waals surface area contributed by atoms with Gasteiger partial charge in [-0.3, -0.25) is 20.2 Å². The first kappa shape index (κ1) is 30.5. The Bertz CT molecular complexity index is 214. The van der Waals surface area contributed by atoms with Crippen LogP contribution in [0.3, 0.4) is 0 Å². The average molecular weight is 321 g/mol. The number of hydrogen-bond acceptors (Lipinski definition) is 9. The molecule has 0 atom stereocenters. The first-order valence-electron chi connectivity index (χ1n) is 3.47. The minimum absolute atomic E-state index is 0. The third kappa shape index (κ3) is 45.1. The van der Waals surface area contributed by atoms with Gasteiger partial charge in [0.05, 0.1) is 6.61 Å². The van der Waals surface area contributed by atoms with Crippen LogP contribution in [-0.2, 0) is 41.1 Å². The molecule has 4 N–H and O–H groups in total. The Morgan fingerprint density at radius 1 is 1.39 bits per heavy atom. The second kappa shape index (κ2) is 30.0. The van der Waals surface area contributed by atoms with Crippen molar-refractivity contribution >= 4 is 18.3 Å². The molecule has 10 nitrogen and oxygen atoms in total. The molecule has 103 valence electrons. The molecule has 1 radical (unpaired) electrons. The van der Waals surface area contributed by atoms with Gasteiger partial charge in [-0.15, -0.1) is 0 Å². The Labute approximate surface area is 135 Å². The molecule has 0 bridgehead atoms. The zero-order valence-corrected chi connectivity index (χ0v) is 12.4. The van der Waals surface area contributed by atoms with Crippen molar-refractivity contribution in [1.29, 1.82) is 0 Å². The maximum atomic E-state index is 10.0. The fraction of sp³-hybridized carbons (Fsp3) is 0.500. The first-order chi connectivity index (χ1) is 7.58. The molecule has 1 heterocycles. The van der Waals surface area contributed by atoms with Gasteiger partial charge in [0.15, 0.2) is 0 Å². The fourth-order valence-corrected chi connectivity index (χ4v) is 0.475. The molecule has 1 rings (SSSR count). The number of ether oxygens (including phenoxy) is 1. The van der Waals surface area contributed by atoms with Crippen LogP contribution in [0, 0.1) is 0 Å². The van der Waals surface area contributed by atoms with Crippen molar-refractivity contribution < 1.29 is 97.7 Å². The van der Waals surface area contributed by atoms with E-state index in [9.17, 15) is 4.79 Å². The van der Waals surface area contributed by atoms with Crippen molar-refractivity contribution in [3.05, 3.63) is 0 Å². The summed E-state index contributed by atoms with van der Waals surface area (Å²) in [4.78, 5) is 37.8. The summed E-state index contributed by atoms with van der Waals surface area (Å²) in [6.07, 6.45) is 0.101. The summed E-state index contributed by atoms with van der Waals surface area (Å²) < 4.78 is 4.51. The molecule has 0 amide bonds. The van der Waals surface area contributed by atoms with Gasteiger partial charge in [0.1, 0.15) is 0 Å². The topological polar surface area (TPSA) is 168 Å². The zero-order chi connectivity index (χ0) is 13.4. The monoisotopic (exact) mass is 321 g/mol. The summed E-state index contributed by atoms with van der Waals surface area (Å²) in [5, 5.41) is 26.3. The normalized spacial score (nSPS) is 9.61. The maximum absolute atomic E-state index is 10.0. The number of rotatable bonds is 0. The van der Waals surface area contributed by atoms with Crippen molar-refractivity contribution in [2.45, 2.75) is 12.8 Å². The van der Waals surface area contributed by atoms with Crippen LogP contribution in [0.5, 0.6) is 0 Å². The number of esters is 1. The fourth-order valence-electron chi connectivity index (χ4n) is 0.475. The number of hydrogen-bond donors (Lipinski definition) is 4. The summed E-state index contributed by atoms with van der Waals surface area (Å²) in [5.74, 6) is -0.0463. The van der Waals surface area contributed by atoms with Gasteiger partial charge in [-0.2, -0.15) is 14.8 Å². The number of carbonyl (C=O) groups is 2. The van der Waals surface area contributed by atoms with Crippen LogP contribution in [0.2, 0.25) is 0 Å². The van der Waals surface area contributed by atoms with Gasteiger partial charge in [-0.1, -0.05) is 0 Å². The molecule has 18 heavy (non-hydrogen) atoms. The van der Waals surface area contributed by atoms with Gasteiger partial charge in [0.2, 0.25) is 0 Å². The van der Waals surface area contributed by atoms with Crippen LogP contribution < -0.4 is 29.6 Å². The van der Waals surface area contributed by atoms with Crippen LogP contribution in [0.25, 0.3) is 0 Å². The molecule has 0 aromatic carbocycles. The largest absolute Gasteiger partial charge is 1.00 e. The minimum atomic E-state index is -1.69. The predicted molar refractivity (Wildman–Crippen MR) is 43.3 cm³/mol.